The average Bonchev–Trinajstić information content (AvgIpc) is 2.27. The highest BCUT2D eigenvalue weighted by atomic mass is 35.7. The van der Waals surface area contributed by atoms with Gasteiger partial charge in [0, 0.05) is 10.7 Å². The van der Waals surface area contributed by atoms with Gasteiger partial charge in [-0.1, -0.05) is 12.1 Å². The van der Waals surface area contributed by atoms with Crippen LogP contribution in [0.4, 0.5) is 4.79 Å². The fourth-order valence-corrected chi connectivity index (χ4v) is 2.01. The van der Waals surface area contributed by atoms with E-state index in [2.05, 4.69) is 10.1 Å². The van der Waals surface area contributed by atoms with Gasteiger partial charge in [-0.25, -0.2) is 13.2 Å². The number of amides is 1. The molecular weight excluding hydrogens is 266 g/mol. The van der Waals surface area contributed by atoms with Gasteiger partial charge in [0.05, 0.1) is 18.0 Å². The maximum Gasteiger partial charge on any atom is 0.407 e. The van der Waals surface area contributed by atoms with Crippen molar-refractivity contribution in [2.75, 3.05) is 7.11 Å². The van der Waals surface area contributed by atoms with E-state index in [-0.39, 0.29) is 10.9 Å². The number of benzene rings is 1. The highest BCUT2D eigenvalue weighted by Gasteiger charge is 2.12. The topological polar surface area (TPSA) is 72.5 Å². The molecule has 5 nitrogen and oxygen atoms in total. The maximum atomic E-state index is 11.0. The van der Waals surface area contributed by atoms with E-state index in [1.54, 1.807) is 19.1 Å². The molecule has 7 heteroatoms. The van der Waals surface area contributed by atoms with Gasteiger partial charge in [-0.15, -0.1) is 0 Å². The summed E-state index contributed by atoms with van der Waals surface area (Å²) in [7, 11) is 2.74. The third kappa shape index (κ3) is 3.90. The maximum absolute atomic E-state index is 11.0. The Hall–Kier alpha value is -1.27. The lowest BCUT2D eigenvalue weighted by Gasteiger charge is -2.13. The van der Waals surface area contributed by atoms with E-state index in [0.717, 1.165) is 5.56 Å². The second-order valence-corrected chi connectivity index (χ2v) is 5.93. The van der Waals surface area contributed by atoms with Gasteiger partial charge < -0.3 is 10.1 Å². The normalized spacial score (nSPS) is 12.9. The lowest BCUT2D eigenvalue weighted by molar-refractivity contribution is 0.167. The smallest absolute Gasteiger partial charge is 0.407 e. The van der Waals surface area contributed by atoms with Crippen molar-refractivity contribution in [2.45, 2.75) is 17.9 Å². The van der Waals surface area contributed by atoms with Gasteiger partial charge in [-0.2, -0.15) is 0 Å². The van der Waals surface area contributed by atoms with Gasteiger partial charge in [-0.05, 0) is 24.6 Å². The zero-order chi connectivity index (χ0) is 13.1. The molecule has 0 heterocycles. The van der Waals surface area contributed by atoms with Crippen LogP contribution in [0.2, 0.25) is 0 Å². The molecule has 94 valence electrons. The molecule has 1 atom stereocenters. The van der Waals surface area contributed by atoms with Crippen LogP contribution in [0.1, 0.15) is 18.5 Å². The summed E-state index contributed by atoms with van der Waals surface area (Å²) >= 11 is 0. The average molecular weight is 278 g/mol. The van der Waals surface area contributed by atoms with Crippen molar-refractivity contribution in [1.82, 2.24) is 5.32 Å². The van der Waals surface area contributed by atoms with Crippen LogP contribution in [0.15, 0.2) is 29.2 Å². The molecule has 0 fully saturated rings. The molecule has 1 aromatic rings. The summed E-state index contributed by atoms with van der Waals surface area (Å²) in [5, 5.41) is 2.56. The Balaban J connectivity index is 2.84. The van der Waals surface area contributed by atoms with Gasteiger partial charge in [0.2, 0.25) is 0 Å². The van der Waals surface area contributed by atoms with Gasteiger partial charge in [-0.3, -0.25) is 0 Å². The molecule has 0 aliphatic carbocycles. The zero-order valence-corrected chi connectivity index (χ0v) is 10.9. The van der Waals surface area contributed by atoms with Crippen LogP contribution in [-0.4, -0.2) is 21.6 Å². The summed E-state index contributed by atoms with van der Waals surface area (Å²) in [6.45, 7) is 1.75. The van der Waals surface area contributed by atoms with Gasteiger partial charge in [0.15, 0.2) is 0 Å². The van der Waals surface area contributed by atoms with Crippen molar-refractivity contribution in [3.63, 3.8) is 0 Å². The molecule has 0 spiro atoms. The molecule has 17 heavy (non-hydrogen) atoms. The highest BCUT2D eigenvalue weighted by molar-refractivity contribution is 8.13. The molecular formula is C10H12ClNO4S. The quantitative estimate of drug-likeness (QED) is 0.858. The summed E-state index contributed by atoms with van der Waals surface area (Å²) in [5.74, 6) is 0. The number of alkyl carbamates (subject to hydrolysis) is 1. The van der Waals surface area contributed by atoms with E-state index in [4.69, 9.17) is 10.7 Å². The third-order valence-corrected chi connectivity index (χ3v) is 3.55. The fourth-order valence-electron chi connectivity index (χ4n) is 1.24. The number of hydrogen-bond acceptors (Lipinski definition) is 4. The van der Waals surface area contributed by atoms with E-state index in [0.29, 0.717) is 0 Å². The molecule has 1 unspecified atom stereocenters. The Morgan fingerprint density at radius 1 is 1.35 bits per heavy atom. The zero-order valence-electron chi connectivity index (χ0n) is 9.31. The van der Waals surface area contributed by atoms with Crippen molar-refractivity contribution < 1.29 is 17.9 Å². The predicted octanol–water partition coefficient (Wildman–Crippen LogP) is 2.03. The standard InChI is InChI=1S/C10H12ClNO4S/c1-7(12-10(13)16-2)8-3-5-9(6-4-8)17(11,14)15/h3-7H,1-2H3,(H,12,13). The summed E-state index contributed by atoms with van der Waals surface area (Å²) in [6.07, 6.45) is -0.549. The number of nitrogens with one attached hydrogen (secondary N) is 1. The van der Waals surface area contributed by atoms with Crippen LogP contribution >= 0.6 is 10.7 Å². The van der Waals surface area contributed by atoms with Gasteiger partial charge in [0.1, 0.15) is 0 Å². The van der Waals surface area contributed by atoms with Crippen LogP contribution in [0.5, 0.6) is 0 Å². The van der Waals surface area contributed by atoms with Crippen molar-refractivity contribution >= 4 is 25.8 Å². The summed E-state index contributed by atoms with van der Waals surface area (Å²) in [6, 6.07) is 5.64. The van der Waals surface area contributed by atoms with Crippen LogP contribution < -0.4 is 5.32 Å². The number of methoxy groups -OCH3 is 1. The molecule has 1 amide bonds. The number of rotatable bonds is 3. The number of ether oxygens (including phenoxy) is 1. The summed E-state index contributed by atoms with van der Waals surface area (Å²) in [4.78, 5) is 11.0. The largest absolute Gasteiger partial charge is 0.453 e. The Bertz CT molecular complexity index is 498. The lowest BCUT2D eigenvalue weighted by atomic mass is 10.1. The van der Waals surface area contributed by atoms with Crippen molar-refractivity contribution in [2.24, 2.45) is 0 Å². The molecule has 1 N–H and O–H groups in total. The Morgan fingerprint density at radius 3 is 2.29 bits per heavy atom. The molecule has 1 aromatic carbocycles. The Morgan fingerprint density at radius 2 is 1.88 bits per heavy atom. The van der Waals surface area contributed by atoms with E-state index in [1.165, 1.54) is 19.2 Å². The monoisotopic (exact) mass is 277 g/mol. The van der Waals surface area contributed by atoms with Gasteiger partial charge >= 0.3 is 6.09 Å². The SMILES string of the molecule is COC(=O)NC(C)c1ccc(S(=O)(=O)Cl)cc1. The molecule has 0 aromatic heterocycles. The molecule has 0 aliphatic rings. The predicted molar refractivity (Wildman–Crippen MR) is 63.4 cm³/mol. The molecule has 0 radical (unpaired) electrons. The first-order valence-electron chi connectivity index (χ1n) is 4.73. The minimum atomic E-state index is -3.71. The number of halogens is 1. The van der Waals surface area contributed by atoms with Crippen molar-refractivity contribution in [3.05, 3.63) is 29.8 Å². The molecule has 0 aliphatic heterocycles. The minimum absolute atomic E-state index is 0.0215. The summed E-state index contributed by atoms with van der Waals surface area (Å²) in [5.41, 5.74) is 0.750. The molecule has 0 saturated carbocycles. The Labute approximate surface area is 104 Å². The first kappa shape index (κ1) is 13.8. The van der Waals surface area contributed by atoms with Crippen LogP contribution in [0.25, 0.3) is 0 Å². The van der Waals surface area contributed by atoms with Crippen LogP contribution in [0, 0.1) is 0 Å². The highest BCUT2D eigenvalue weighted by Crippen LogP contribution is 2.18. The third-order valence-electron chi connectivity index (χ3n) is 2.18. The van der Waals surface area contributed by atoms with E-state index >= 15 is 0 Å². The second kappa shape index (κ2) is 5.37. The number of hydrogen-bond donors (Lipinski definition) is 1. The molecule has 0 saturated heterocycles. The summed E-state index contributed by atoms with van der Waals surface area (Å²) < 4.78 is 26.5. The Kier molecular flexibility index (Phi) is 4.36. The fraction of sp³-hybridized carbons (Fsp3) is 0.300. The van der Waals surface area contributed by atoms with E-state index in [1.807, 2.05) is 0 Å². The second-order valence-electron chi connectivity index (χ2n) is 3.36. The minimum Gasteiger partial charge on any atom is -0.453 e. The van der Waals surface area contributed by atoms with Crippen LogP contribution in [0.3, 0.4) is 0 Å². The first-order valence-corrected chi connectivity index (χ1v) is 7.04. The molecule has 0 bridgehead atoms. The van der Waals surface area contributed by atoms with Crippen molar-refractivity contribution in [1.29, 1.82) is 0 Å². The van der Waals surface area contributed by atoms with E-state index < -0.39 is 15.1 Å². The van der Waals surface area contributed by atoms with Crippen LogP contribution in [-0.2, 0) is 13.8 Å². The number of carbonyl (C=O) groups is 1. The van der Waals surface area contributed by atoms with Crippen molar-refractivity contribution in [3.8, 4) is 0 Å². The molecule has 1 rings (SSSR count). The first-order chi connectivity index (χ1) is 7.84. The number of carbonyl (C=O) groups excluding carboxylic acids is 1. The van der Waals surface area contributed by atoms with E-state index in [9.17, 15) is 13.2 Å². The lowest BCUT2D eigenvalue weighted by Crippen LogP contribution is -2.26. The van der Waals surface area contributed by atoms with Gasteiger partial charge in [0.25, 0.3) is 9.05 Å².